The molecule has 1 atom stereocenters. The minimum atomic E-state index is -0.208. The van der Waals surface area contributed by atoms with Crippen molar-refractivity contribution < 1.29 is 19.0 Å². The highest BCUT2D eigenvalue weighted by Gasteiger charge is 2.43. The highest BCUT2D eigenvalue weighted by molar-refractivity contribution is 5.88. The molecule has 1 unspecified atom stereocenters. The van der Waals surface area contributed by atoms with Gasteiger partial charge in [0.1, 0.15) is 0 Å². The normalized spacial score (nSPS) is 20.3. The molecule has 2 aliphatic rings. The molecule has 2 rings (SSSR count). The van der Waals surface area contributed by atoms with Crippen LogP contribution in [0.5, 0.6) is 0 Å². The van der Waals surface area contributed by atoms with E-state index in [1.54, 1.807) is 6.92 Å². The van der Waals surface area contributed by atoms with E-state index in [4.69, 9.17) is 14.2 Å². The number of allylic oxidation sites excluding steroid dienone is 1. The van der Waals surface area contributed by atoms with E-state index in [0.717, 1.165) is 25.4 Å². The number of carbonyl (C=O) groups excluding carboxylic acids is 1. The number of carbonyl (C=O) groups is 1. The SMILES string of the molecule is CC(C)(C)C1(C)COC1.CC(C)(C)C1CO1.CC(C)=C(C)C(=O)OC(C)C. The summed E-state index contributed by atoms with van der Waals surface area (Å²) in [5.74, 6) is -0.208. The number of esters is 1. The van der Waals surface area contributed by atoms with Crippen LogP contribution in [0.15, 0.2) is 11.1 Å². The first-order valence-electron chi connectivity index (χ1n) is 10.1. The van der Waals surface area contributed by atoms with E-state index < -0.39 is 0 Å². The lowest BCUT2D eigenvalue weighted by Crippen LogP contribution is -2.49. The van der Waals surface area contributed by atoms with Gasteiger partial charge in [0.05, 0.1) is 32.0 Å². The van der Waals surface area contributed by atoms with Crippen molar-refractivity contribution in [3.05, 3.63) is 11.1 Å². The average Bonchev–Trinajstić information content (AvgIpc) is 3.27. The third-order valence-corrected chi connectivity index (χ3v) is 5.35. The Morgan fingerprint density at radius 2 is 1.48 bits per heavy atom. The highest BCUT2D eigenvalue weighted by Crippen LogP contribution is 2.43. The number of epoxide rings is 1. The molecule has 160 valence electrons. The van der Waals surface area contributed by atoms with Crippen molar-refractivity contribution in [2.24, 2.45) is 16.2 Å². The van der Waals surface area contributed by atoms with Crippen LogP contribution in [-0.4, -0.2) is 38.0 Å². The van der Waals surface area contributed by atoms with Crippen molar-refractivity contribution in [2.75, 3.05) is 19.8 Å². The molecule has 0 aromatic rings. The second-order valence-corrected chi connectivity index (χ2v) is 10.6. The van der Waals surface area contributed by atoms with E-state index in [9.17, 15) is 4.79 Å². The average molecular weight is 385 g/mol. The molecule has 4 heteroatoms. The van der Waals surface area contributed by atoms with E-state index in [-0.39, 0.29) is 12.1 Å². The maximum Gasteiger partial charge on any atom is 0.333 e. The second kappa shape index (κ2) is 10.1. The Kier molecular flexibility index (Phi) is 9.74. The van der Waals surface area contributed by atoms with Crippen molar-refractivity contribution in [1.29, 1.82) is 0 Å². The molecule has 0 bridgehead atoms. The lowest BCUT2D eigenvalue weighted by Gasteiger charge is -2.48. The Morgan fingerprint density at radius 1 is 1.04 bits per heavy atom. The van der Waals surface area contributed by atoms with Gasteiger partial charge in [-0.2, -0.15) is 0 Å². The maximum atomic E-state index is 11.1. The van der Waals surface area contributed by atoms with Gasteiger partial charge in [-0.15, -0.1) is 0 Å². The molecule has 2 heterocycles. The highest BCUT2D eigenvalue weighted by atomic mass is 16.6. The number of ether oxygens (including phenoxy) is 3. The van der Waals surface area contributed by atoms with Crippen LogP contribution in [0.1, 0.15) is 83.1 Å². The Morgan fingerprint density at radius 3 is 1.59 bits per heavy atom. The van der Waals surface area contributed by atoms with Gasteiger partial charge in [0.25, 0.3) is 0 Å². The van der Waals surface area contributed by atoms with Crippen LogP contribution in [0.25, 0.3) is 0 Å². The Balaban J connectivity index is 0.000000383. The van der Waals surface area contributed by atoms with Gasteiger partial charge < -0.3 is 14.2 Å². The summed E-state index contributed by atoms with van der Waals surface area (Å²) in [4.78, 5) is 11.1. The van der Waals surface area contributed by atoms with Crippen LogP contribution in [0, 0.1) is 16.2 Å². The molecule has 2 fully saturated rings. The topological polar surface area (TPSA) is 48.1 Å². The third kappa shape index (κ3) is 9.75. The van der Waals surface area contributed by atoms with Gasteiger partial charge in [0, 0.05) is 11.0 Å². The fourth-order valence-corrected chi connectivity index (χ4v) is 1.90. The molecule has 0 aliphatic carbocycles. The maximum absolute atomic E-state index is 11.1. The fraction of sp³-hybridized carbons (Fsp3) is 0.870. The van der Waals surface area contributed by atoms with E-state index >= 15 is 0 Å². The van der Waals surface area contributed by atoms with Crippen LogP contribution in [0.4, 0.5) is 0 Å². The van der Waals surface area contributed by atoms with Crippen molar-refractivity contribution in [3.63, 3.8) is 0 Å². The van der Waals surface area contributed by atoms with E-state index in [1.165, 1.54) is 0 Å². The van der Waals surface area contributed by atoms with Gasteiger partial charge in [0.15, 0.2) is 0 Å². The summed E-state index contributed by atoms with van der Waals surface area (Å²) in [6.07, 6.45) is 0.518. The molecule has 0 aromatic heterocycles. The number of hydrogen-bond donors (Lipinski definition) is 0. The molecular weight excluding hydrogens is 340 g/mol. The summed E-state index contributed by atoms with van der Waals surface area (Å²) in [6.45, 7) is 27.8. The fourth-order valence-electron chi connectivity index (χ4n) is 1.90. The zero-order chi connectivity index (χ0) is 21.6. The van der Waals surface area contributed by atoms with Crippen molar-refractivity contribution >= 4 is 5.97 Å². The van der Waals surface area contributed by atoms with Gasteiger partial charge in [-0.1, -0.05) is 54.0 Å². The first-order valence-corrected chi connectivity index (χ1v) is 10.1. The smallest absolute Gasteiger partial charge is 0.333 e. The Labute approximate surface area is 168 Å². The summed E-state index contributed by atoms with van der Waals surface area (Å²) in [5.41, 5.74) is 2.95. The van der Waals surface area contributed by atoms with E-state index in [0.29, 0.717) is 27.9 Å². The van der Waals surface area contributed by atoms with Gasteiger partial charge in [-0.05, 0) is 45.4 Å². The van der Waals surface area contributed by atoms with Gasteiger partial charge in [-0.25, -0.2) is 4.79 Å². The minimum absolute atomic E-state index is 0.0307. The molecule has 0 saturated carbocycles. The summed E-state index contributed by atoms with van der Waals surface area (Å²) < 4.78 is 15.2. The van der Waals surface area contributed by atoms with Crippen LogP contribution < -0.4 is 0 Å². The molecule has 0 aromatic carbocycles. The zero-order valence-electron chi connectivity index (χ0n) is 19.9. The standard InChI is InChI=1S/C9H16O2.C8H16O.C6H12O/c1-6(2)8(5)9(10)11-7(3)4;1-7(2,3)8(4)5-9-6-8;1-6(2,3)5-4-7-5/h7H,1-5H3;5-6H2,1-4H3;5H,4H2,1-3H3. The lowest BCUT2D eigenvalue weighted by molar-refractivity contribution is -0.158. The zero-order valence-corrected chi connectivity index (χ0v) is 19.9. The molecule has 27 heavy (non-hydrogen) atoms. The number of hydrogen-bond acceptors (Lipinski definition) is 4. The van der Waals surface area contributed by atoms with Crippen molar-refractivity contribution in [2.45, 2.75) is 95.3 Å². The Hall–Kier alpha value is -0.870. The van der Waals surface area contributed by atoms with E-state index in [1.807, 2.05) is 27.7 Å². The summed E-state index contributed by atoms with van der Waals surface area (Å²) in [6, 6.07) is 0. The monoisotopic (exact) mass is 384 g/mol. The first-order chi connectivity index (χ1) is 12.0. The lowest BCUT2D eigenvalue weighted by atomic mass is 9.67. The van der Waals surface area contributed by atoms with Crippen LogP contribution in [-0.2, 0) is 19.0 Å². The molecular formula is C23H44O4. The predicted octanol–water partition coefficient (Wildman–Crippen LogP) is 5.79. The van der Waals surface area contributed by atoms with Gasteiger partial charge >= 0.3 is 5.97 Å². The molecule has 0 radical (unpaired) electrons. The largest absolute Gasteiger partial charge is 0.460 e. The Bertz CT molecular complexity index is 491. The van der Waals surface area contributed by atoms with Gasteiger partial charge in [-0.3, -0.25) is 0 Å². The number of rotatable bonds is 2. The predicted molar refractivity (Wildman–Crippen MR) is 113 cm³/mol. The quantitative estimate of drug-likeness (QED) is 0.343. The summed E-state index contributed by atoms with van der Waals surface area (Å²) in [5, 5.41) is 0. The molecule has 0 amide bonds. The molecule has 4 nitrogen and oxygen atoms in total. The van der Waals surface area contributed by atoms with Crippen LogP contribution >= 0.6 is 0 Å². The third-order valence-electron chi connectivity index (χ3n) is 5.35. The minimum Gasteiger partial charge on any atom is -0.460 e. The van der Waals surface area contributed by atoms with E-state index in [2.05, 4.69) is 48.5 Å². The van der Waals surface area contributed by atoms with Crippen LogP contribution in [0.2, 0.25) is 0 Å². The van der Waals surface area contributed by atoms with Crippen LogP contribution in [0.3, 0.4) is 0 Å². The summed E-state index contributed by atoms with van der Waals surface area (Å²) in [7, 11) is 0. The molecule has 0 spiro atoms. The second-order valence-electron chi connectivity index (χ2n) is 10.6. The summed E-state index contributed by atoms with van der Waals surface area (Å²) >= 11 is 0. The van der Waals surface area contributed by atoms with Crippen molar-refractivity contribution in [1.82, 2.24) is 0 Å². The van der Waals surface area contributed by atoms with Gasteiger partial charge in [0.2, 0.25) is 0 Å². The molecule has 2 saturated heterocycles. The van der Waals surface area contributed by atoms with Crippen molar-refractivity contribution in [3.8, 4) is 0 Å². The molecule has 2 aliphatic heterocycles. The molecule has 0 N–H and O–H groups in total. The first kappa shape index (κ1) is 26.1.